The van der Waals surface area contributed by atoms with Crippen LogP contribution in [0.25, 0.3) is 11.4 Å². The number of nitrogens with one attached hydrogen (secondary N) is 1. The van der Waals surface area contributed by atoms with Crippen molar-refractivity contribution in [3.05, 3.63) is 24.3 Å². The fourth-order valence-corrected chi connectivity index (χ4v) is 1.78. The third-order valence-electron chi connectivity index (χ3n) is 2.75. The van der Waals surface area contributed by atoms with Crippen LogP contribution in [0.4, 0.5) is 5.69 Å². The molecular weight excluding hydrogens is 218 g/mol. The quantitative estimate of drug-likeness (QED) is 0.841. The van der Waals surface area contributed by atoms with Gasteiger partial charge in [0.2, 0.25) is 0 Å². The van der Waals surface area contributed by atoms with Crippen molar-refractivity contribution in [2.45, 2.75) is 6.04 Å². The molecule has 6 heteroatoms. The number of ether oxygens (including phenoxy) is 1. The maximum absolute atomic E-state index is 5.13. The number of hydrogen-bond acceptors (Lipinski definition) is 5. The fraction of sp³-hybridized carbons (Fsp3) is 0.364. The van der Waals surface area contributed by atoms with E-state index in [2.05, 4.69) is 20.8 Å². The van der Waals surface area contributed by atoms with E-state index in [-0.39, 0.29) is 0 Å². The lowest BCUT2D eigenvalue weighted by Gasteiger charge is -2.27. The summed E-state index contributed by atoms with van der Waals surface area (Å²) in [5.74, 6) is 0.763. The highest BCUT2D eigenvalue weighted by atomic mass is 16.5. The Balaban J connectivity index is 1.85. The molecule has 0 spiro atoms. The highest BCUT2D eigenvalue weighted by Gasteiger charge is 2.17. The van der Waals surface area contributed by atoms with E-state index >= 15 is 0 Å². The monoisotopic (exact) mass is 231 g/mol. The molecule has 1 N–H and O–H groups in total. The number of nitrogens with zero attached hydrogens (tertiary/aromatic N) is 4. The van der Waals surface area contributed by atoms with Gasteiger partial charge in [-0.2, -0.15) is 0 Å². The normalized spacial score (nSPS) is 15.6. The predicted octanol–water partition coefficient (Wildman–Crippen LogP) is 0.688. The molecule has 2 heterocycles. The van der Waals surface area contributed by atoms with Gasteiger partial charge in [0.25, 0.3) is 0 Å². The van der Waals surface area contributed by atoms with E-state index in [1.54, 1.807) is 4.68 Å². The number of benzene rings is 1. The van der Waals surface area contributed by atoms with E-state index in [4.69, 9.17) is 4.74 Å². The van der Waals surface area contributed by atoms with Gasteiger partial charge in [0.05, 0.1) is 19.3 Å². The van der Waals surface area contributed by atoms with Crippen molar-refractivity contribution < 1.29 is 4.74 Å². The average Bonchev–Trinajstić information content (AvgIpc) is 2.71. The standard InChI is InChI=1S/C11H13N5O/c1-16-11(13-14-15-16)8-3-2-4-9(5-8)12-10-6-17-7-10/h2-5,10,12H,6-7H2,1H3. The molecule has 88 valence electrons. The van der Waals surface area contributed by atoms with Gasteiger partial charge in [0, 0.05) is 18.3 Å². The molecule has 17 heavy (non-hydrogen) atoms. The van der Waals surface area contributed by atoms with Gasteiger partial charge in [-0.3, -0.25) is 0 Å². The molecule has 6 nitrogen and oxygen atoms in total. The number of hydrogen-bond donors (Lipinski definition) is 1. The molecule has 3 rings (SSSR count). The van der Waals surface area contributed by atoms with Crippen LogP contribution in [0.15, 0.2) is 24.3 Å². The van der Waals surface area contributed by atoms with Crippen LogP contribution in [-0.2, 0) is 11.8 Å². The SMILES string of the molecule is Cn1nnnc1-c1cccc(NC2COC2)c1. The second-order valence-corrected chi connectivity index (χ2v) is 4.09. The summed E-state index contributed by atoms with van der Waals surface area (Å²) in [4.78, 5) is 0. The van der Waals surface area contributed by atoms with Crippen LogP contribution < -0.4 is 5.32 Å². The first-order valence-corrected chi connectivity index (χ1v) is 5.50. The molecule has 1 aliphatic rings. The van der Waals surface area contributed by atoms with Gasteiger partial charge in [-0.1, -0.05) is 12.1 Å². The molecule has 1 aliphatic heterocycles. The van der Waals surface area contributed by atoms with Crippen LogP contribution >= 0.6 is 0 Å². The zero-order valence-electron chi connectivity index (χ0n) is 9.50. The lowest BCUT2D eigenvalue weighted by atomic mass is 10.1. The number of tetrazole rings is 1. The van der Waals surface area contributed by atoms with Crippen molar-refractivity contribution in [1.82, 2.24) is 20.2 Å². The minimum Gasteiger partial charge on any atom is -0.378 e. The summed E-state index contributed by atoms with van der Waals surface area (Å²) in [6.45, 7) is 1.55. The Morgan fingerprint density at radius 1 is 1.41 bits per heavy atom. The van der Waals surface area contributed by atoms with Crippen LogP contribution in [0, 0.1) is 0 Å². The Kier molecular flexibility index (Phi) is 2.49. The van der Waals surface area contributed by atoms with Crippen molar-refractivity contribution in [1.29, 1.82) is 0 Å². The number of anilines is 1. The summed E-state index contributed by atoms with van der Waals surface area (Å²) in [5, 5.41) is 14.9. The average molecular weight is 231 g/mol. The van der Waals surface area contributed by atoms with Crippen molar-refractivity contribution >= 4 is 5.69 Å². The van der Waals surface area contributed by atoms with Crippen molar-refractivity contribution in [3.63, 3.8) is 0 Å². The lowest BCUT2D eigenvalue weighted by Crippen LogP contribution is -2.40. The molecule has 0 aliphatic carbocycles. The summed E-state index contributed by atoms with van der Waals surface area (Å²) in [7, 11) is 1.83. The second kappa shape index (κ2) is 4.14. The van der Waals surface area contributed by atoms with E-state index in [9.17, 15) is 0 Å². The first-order valence-electron chi connectivity index (χ1n) is 5.50. The third kappa shape index (κ3) is 1.99. The van der Waals surface area contributed by atoms with Crippen LogP contribution in [0.1, 0.15) is 0 Å². The lowest BCUT2D eigenvalue weighted by molar-refractivity contribution is 0.0211. The Hall–Kier alpha value is -1.95. The number of aromatic nitrogens is 4. The van der Waals surface area contributed by atoms with Gasteiger partial charge in [0.15, 0.2) is 5.82 Å². The summed E-state index contributed by atoms with van der Waals surface area (Å²) < 4.78 is 6.79. The van der Waals surface area contributed by atoms with E-state index in [1.807, 2.05) is 31.3 Å². The van der Waals surface area contributed by atoms with Gasteiger partial charge < -0.3 is 10.1 Å². The molecule has 2 aromatic rings. The first-order chi connectivity index (χ1) is 8.33. The molecule has 1 fully saturated rings. The largest absolute Gasteiger partial charge is 0.378 e. The minimum absolute atomic E-state index is 0.419. The van der Waals surface area contributed by atoms with Gasteiger partial charge in [-0.05, 0) is 22.6 Å². The van der Waals surface area contributed by atoms with Crippen LogP contribution in [0.5, 0.6) is 0 Å². The third-order valence-corrected chi connectivity index (χ3v) is 2.75. The Labute approximate surface area is 98.6 Å². The predicted molar refractivity (Wildman–Crippen MR) is 62.5 cm³/mol. The second-order valence-electron chi connectivity index (χ2n) is 4.09. The zero-order valence-corrected chi connectivity index (χ0v) is 9.50. The Morgan fingerprint density at radius 2 is 2.29 bits per heavy atom. The van der Waals surface area contributed by atoms with Gasteiger partial charge in [-0.25, -0.2) is 4.68 Å². The molecule has 1 saturated heterocycles. The van der Waals surface area contributed by atoms with Crippen molar-refractivity contribution in [2.24, 2.45) is 7.05 Å². The van der Waals surface area contributed by atoms with E-state index < -0.39 is 0 Å². The Morgan fingerprint density at radius 3 is 2.94 bits per heavy atom. The zero-order chi connectivity index (χ0) is 11.7. The highest BCUT2D eigenvalue weighted by molar-refractivity contribution is 5.62. The van der Waals surface area contributed by atoms with Crippen LogP contribution in [0.2, 0.25) is 0 Å². The molecule has 1 aromatic heterocycles. The van der Waals surface area contributed by atoms with E-state index in [1.165, 1.54) is 0 Å². The molecule has 0 amide bonds. The minimum atomic E-state index is 0.419. The molecule has 0 atom stereocenters. The first kappa shape index (κ1) is 10.2. The molecular formula is C11H13N5O. The topological polar surface area (TPSA) is 64.9 Å². The van der Waals surface area contributed by atoms with Gasteiger partial charge >= 0.3 is 0 Å². The highest BCUT2D eigenvalue weighted by Crippen LogP contribution is 2.20. The van der Waals surface area contributed by atoms with E-state index in [0.717, 1.165) is 30.3 Å². The van der Waals surface area contributed by atoms with Crippen molar-refractivity contribution in [3.8, 4) is 11.4 Å². The molecule has 0 bridgehead atoms. The summed E-state index contributed by atoms with van der Waals surface area (Å²) in [5.41, 5.74) is 2.07. The van der Waals surface area contributed by atoms with Crippen LogP contribution in [-0.4, -0.2) is 39.5 Å². The molecule has 1 aromatic carbocycles. The smallest absolute Gasteiger partial charge is 0.181 e. The Bertz CT molecular complexity index is 520. The van der Waals surface area contributed by atoms with Crippen molar-refractivity contribution in [2.75, 3.05) is 18.5 Å². The number of rotatable bonds is 3. The number of aryl methyl sites for hydroxylation is 1. The van der Waals surface area contributed by atoms with Gasteiger partial charge in [0.1, 0.15) is 0 Å². The maximum Gasteiger partial charge on any atom is 0.181 e. The summed E-state index contributed by atoms with van der Waals surface area (Å²) in [6, 6.07) is 8.48. The molecule has 0 saturated carbocycles. The van der Waals surface area contributed by atoms with Gasteiger partial charge in [-0.15, -0.1) is 5.10 Å². The molecule has 0 radical (unpaired) electrons. The summed E-state index contributed by atoms with van der Waals surface area (Å²) in [6.07, 6.45) is 0. The molecule has 0 unspecified atom stereocenters. The van der Waals surface area contributed by atoms with Crippen LogP contribution in [0.3, 0.4) is 0 Å². The fourth-order valence-electron chi connectivity index (χ4n) is 1.78. The summed E-state index contributed by atoms with van der Waals surface area (Å²) >= 11 is 0. The van der Waals surface area contributed by atoms with E-state index in [0.29, 0.717) is 6.04 Å². The maximum atomic E-state index is 5.13.